The van der Waals surface area contributed by atoms with Gasteiger partial charge >= 0.3 is 0 Å². The van der Waals surface area contributed by atoms with E-state index in [1.54, 1.807) is 18.5 Å². The topological polar surface area (TPSA) is 70.1 Å². The molecule has 1 aromatic heterocycles. The molecule has 0 aliphatic rings. The number of rotatable bonds is 5. The van der Waals surface area contributed by atoms with Gasteiger partial charge in [-0.1, -0.05) is 61.5 Å². The Balaban J connectivity index is 1.48. The maximum atomic E-state index is 12.4. The molecule has 5 heteroatoms. The van der Waals surface area contributed by atoms with Gasteiger partial charge in [0.25, 0.3) is 5.91 Å². The number of aryl methyl sites for hydroxylation is 1. The highest BCUT2D eigenvalue weighted by molar-refractivity contribution is 5.99. The lowest BCUT2D eigenvalue weighted by atomic mass is 10.1. The Morgan fingerprint density at radius 1 is 1.07 bits per heavy atom. The molecule has 0 fully saturated rings. The summed E-state index contributed by atoms with van der Waals surface area (Å²) in [6, 6.07) is 21.8. The van der Waals surface area contributed by atoms with Gasteiger partial charge in [0.1, 0.15) is 0 Å². The highest BCUT2D eigenvalue weighted by Crippen LogP contribution is 2.20. The number of hydrogen-bond donors (Lipinski definition) is 2. The van der Waals surface area contributed by atoms with Crippen molar-refractivity contribution in [2.75, 3.05) is 0 Å². The lowest BCUT2D eigenvalue weighted by Gasteiger charge is -2.03. The SMILES string of the molecule is CCc1ccc(-c2[nH]ncc2/C=N\NC(=O)c2ccc3ccccc3c2)cc1. The molecule has 1 amide bonds. The molecule has 3 aromatic carbocycles. The standard InChI is InChI=1S/C23H20N4O/c1-2-16-7-9-18(10-8-16)22-21(14-24-26-22)15-25-27-23(28)20-12-11-17-5-3-4-6-19(17)13-20/h3-15H,2H2,1H3,(H,24,26)(H,27,28)/b25-15-. The van der Waals surface area contributed by atoms with Crippen LogP contribution in [0.2, 0.25) is 0 Å². The van der Waals surface area contributed by atoms with Crippen molar-refractivity contribution in [1.29, 1.82) is 0 Å². The van der Waals surface area contributed by atoms with E-state index in [1.165, 1.54) is 5.56 Å². The van der Waals surface area contributed by atoms with E-state index in [2.05, 4.69) is 51.9 Å². The minimum absolute atomic E-state index is 0.251. The molecule has 0 saturated heterocycles. The highest BCUT2D eigenvalue weighted by Gasteiger charge is 2.07. The summed E-state index contributed by atoms with van der Waals surface area (Å²) in [5.41, 5.74) is 7.13. The number of hydrazone groups is 1. The summed E-state index contributed by atoms with van der Waals surface area (Å²) >= 11 is 0. The molecule has 0 radical (unpaired) electrons. The number of benzene rings is 3. The van der Waals surface area contributed by atoms with Crippen LogP contribution in [-0.4, -0.2) is 22.3 Å². The second-order valence-electron chi connectivity index (χ2n) is 6.51. The molecule has 0 bridgehead atoms. The van der Waals surface area contributed by atoms with Crippen molar-refractivity contribution in [2.45, 2.75) is 13.3 Å². The number of carbonyl (C=O) groups is 1. The summed E-state index contributed by atoms with van der Waals surface area (Å²) < 4.78 is 0. The smallest absolute Gasteiger partial charge is 0.271 e. The fraction of sp³-hybridized carbons (Fsp3) is 0.0870. The van der Waals surface area contributed by atoms with Gasteiger partial charge < -0.3 is 0 Å². The average Bonchev–Trinajstić information content (AvgIpc) is 3.22. The molecule has 0 aliphatic carbocycles. The lowest BCUT2D eigenvalue weighted by molar-refractivity contribution is 0.0955. The predicted molar refractivity (Wildman–Crippen MR) is 112 cm³/mol. The summed E-state index contributed by atoms with van der Waals surface area (Å²) in [4.78, 5) is 12.4. The van der Waals surface area contributed by atoms with Gasteiger partial charge in [0.2, 0.25) is 0 Å². The first-order valence-corrected chi connectivity index (χ1v) is 9.19. The summed E-state index contributed by atoms with van der Waals surface area (Å²) in [6.07, 6.45) is 4.29. The normalized spacial score (nSPS) is 11.2. The van der Waals surface area contributed by atoms with Crippen molar-refractivity contribution >= 4 is 22.9 Å². The van der Waals surface area contributed by atoms with E-state index in [-0.39, 0.29) is 5.91 Å². The van der Waals surface area contributed by atoms with Crippen LogP contribution in [0.25, 0.3) is 22.0 Å². The van der Waals surface area contributed by atoms with Gasteiger partial charge in [-0.15, -0.1) is 0 Å². The van der Waals surface area contributed by atoms with Crippen LogP contribution in [-0.2, 0) is 6.42 Å². The number of nitrogens with zero attached hydrogens (tertiary/aromatic N) is 2. The van der Waals surface area contributed by atoms with Crippen LogP contribution in [0.15, 0.2) is 78.0 Å². The minimum atomic E-state index is -0.251. The minimum Gasteiger partial charge on any atom is -0.277 e. The summed E-state index contributed by atoms with van der Waals surface area (Å²) in [7, 11) is 0. The second kappa shape index (κ2) is 7.88. The largest absolute Gasteiger partial charge is 0.277 e. The first kappa shape index (κ1) is 17.7. The van der Waals surface area contributed by atoms with E-state index >= 15 is 0 Å². The molecule has 4 aromatic rings. The van der Waals surface area contributed by atoms with Crippen molar-refractivity contribution in [1.82, 2.24) is 15.6 Å². The predicted octanol–water partition coefficient (Wildman–Crippen LogP) is 4.56. The Bertz CT molecular complexity index is 1140. The Morgan fingerprint density at radius 2 is 1.86 bits per heavy atom. The van der Waals surface area contributed by atoms with Crippen LogP contribution in [0.5, 0.6) is 0 Å². The molecule has 0 spiro atoms. The van der Waals surface area contributed by atoms with Crippen LogP contribution in [0.3, 0.4) is 0 Å². The third kappa shape index (κ3) is 3.69. The zero-order chi connectivity index (χ0) is 19.3. The van der Waals surface area contributed by atoms with Crippen molar-refractivity contribution in [2.24, 2.45) is 5.10 Å². The maximum absolute atomic E-state index is 12.4. The Labute approximate surface area is 163 Å². The Morgan fingerprint density at radius 3 is 2.64 bits per heavy atom. The number of aromatic amines is 1. The maximum Gasteiger partial charge on any atom is 0.271 e. The van der Waals surface area contributed by atoms with Gasteiger partial charge in [-0.3, -0.25) is 9.89 Å². The van der Waals surface area contributed by atoms with Gasteiger partial charge in [0.15, 0.2) is 0 Å². The van der Waals surface area contributed by atoms with E-state index < -0.39 is 0 Å². The average molecular weight is 368 g/mol. The zero-order valence-corrected chi connectivity index (χ0v) is 15.5. The summed E-state index contributed by atoms with van der Waals surface area (Å²) in [5.74, 6) is -0.251. The van der Waals surface area contributed by atoms with Crippen molar-refractivity contribution in [3.8, 4) is 11.3 Å². The third-order valence-corrected chi connectivity index (χ3v) is 4.70. The summed E-state index contributed by atoms with van der Waals surface area (Å²) in [5, 5.41) is 13.3. The van der Waals surface area contributed by atoms with Crippen LogP contribution < -0.4 is 5.43 Å². The molecule has 28 heavy (non-hydrogen) atoms. The molecule has 2 N–H and O–H groups in total. The van der Waals surface area contributed by atoms with E-state index in [0.29, 0.717) is 5.56 Å². The molecule has 0 unspecified atom stereocenters. The number of aromatic nitrogens is 2. The molecule has 138 valence electrons. The number of fused-ring (bicyclic) bond motifs is 1. The van der Waals surface area contributed by atoms with E-state index in [1.807, 2.05) is 36.4 Å². The van der Waals surface area contributed by atoms with Crippen molar-refractivity contribution in [3.63, 3.8) is 0 Å². The molecule has 5 nitrogen and oxygen atoms in total. The lowest BCUT2D eigenvalue weighted by Crippen LogP contribution is -2.17. The molecule has 0 atom stereocenters. The first-order chi connectivity index (χ1) is 13.7. The van der Waals surface area contributed by atoms with E-state index in [4.69, 9.17) is 0 Å². The summed E-state index contributed by atoms with van der Waals surface area (Å²) in [6.45, 7) is 2.13. The van der Waals surface area contributed by atoms with E-state index in [9.17, 15) is 4.79 Å². The molecular formula is C23H20N4O. The zero-order valence-electron chi connectivity index (χ0n) is 15.5. The van der Waals surface area contributed by atoms with E-state index in [0.717, 1.165) is 34.0 Å². The third-order valence-electron chi connectivity index (χ3n) is 4.70. The van der Waals surface area contributed by atoms with Crippen LogP contribution in [0.1, 0.15) is 28.4 Å². The van der Waals surface area contributed by atoms with Crippen LogP contribution >= 0.6 is 0 Å². The van der Waals surface area contributed by atoms with Gasteiger partial charge in [-0.2, -0.15) is 10.2 Å². The monoisotopic (exact) mass is 368 g/mol. The first-order valence-electron chi connectivity index (χ1n) is 9.19. The van der Waals surface area contributed by atoms with Gasteiger partial charge in [-0.25, -0.2) is 5.43 Å². The Hall–Kier alpha value is -3.73. The van der Waals surface area contributed by atoms with Crippen LogP contribution in [0, 0.1) is 0 Å². The quantitative estimate of drug-likeness (QED) is 0.401. The van der Waals surface area contributed by atoms with Crippen LogP contribution in [0.4, 0.5) is 0 Å². The Kier molecular flexibility index (Phi) is 4.97. The fourth-order valence-electron chi connectivity index (χ4n) is 3.09. The number of amides is 1. The number of H-pyrrole nitrogens is 1. The molecule has 0 aliphatic heterocycles. The van der Waals surface area contributed by atoms with Gasteiger partial charge in [-0.05, 0) is 34.9 Å². The number of carbonyl (C=O) groups excluding carboxylic acids is 1. The molecule has 0 saturated carbocycles. The molecular weight excluding hydrogens is 348 g/mol. The van der Waals surface area contributed by atoms with Gasteiger partial charge in [0, 0.05) is 16.7 Å². The van der Waals surface area contributed by atoms with Crippen molar-refractivity contribution < 1.29 is 4.79 Å². The highest BCUT2D eigenvalue weighted by atomic mass is 16.2. The van der Waals surface area contributed by atoms with Gasteiger partial charge in [0.05, 0.1) is 18.1 Å². The number of hydrogen-bond acceptors (Lipinski definition) is 3. The van der Waals surface area contributed by atoms with Crippen molar-refractivity contribution in [3.05, 3.63) is 89.6 Å². The fourth-order valence-corrected chi connectivity index (χ4v) is 3.09. The molecule has 1 heterocycles. The number of nitrogens with one attached hydrogen (secondary N) is 2. The molecule has 4 rings (SSSR count). The second-order valence-corrected chi connectivity index (χ2v) is 6.51.